The first-order valence-corrected chi connectivity index (χ1v) is 24.3. The van der Waals surface area contributed by atoms with E-state index in [9.17, 15) is 0 Å². The number of nitrogens with one attached hydrogen (secondary N) is 1. The van der Waals surface area contributed by atoms with Crippen molar-refractivity contribution in [1.29, 1.82) is 0 Å². The molecule has 50 heavy (non-hydrogen) atoms. The molecule has 1 atom stereocenters. The van der Waals surface area contributed by atoms with E-state index in [0.29, 0.717) is 0 Å². The highest BCUT2D eigenvalue weighted by molar-refractivity contribution is 6.63. The summed E-state index contributed by atoms with van der Waals surface area (Å²) in [6.07, 6.45) is 40.8. The average Bonchev–Trinajstić information content (AvgIpc) is 3.14. The van der Waals surface area contributed by atoms with Gasteiger partial charge in [-0.1, -0.05) is 219 Å². The molecule has 0 fully saturated rings. The van der Waals surface area contributed by atoms with E-state index in [-0.39, 0.29) is 5.67 Å². The Morgan fingerprint density at radius 3 is 0.960 bits per heavy atom. The van der Waals surface area contributed by atoms with Crippen LogP contribution in [0.2, 0.25) is 0 Å². The van der Waals surface area contributed by atoms with E-state index >= 15 is 0 Å². The normalized spacial score (nSPS) is 12.5. The predicted molar refractivity (Wildman–Crippen MR) is 223 cm³/mol. The highest BCUT2D eigenvalue weighted by Crippen LogP contribution is 2.25. The van der Waals surface area contributed by atoms with Gasteiger partial charge in [0.05, 0.1) is 5.67 Å². The molecule has 294 valence electrons. The molecular formula is C45H87NO3Si. The lowest BCUT2D eigenvalue weighted by Gasteiger charge is -2.36. The summed E-state index contributed by atoms with van der Waals surface area (Å²) in [4.78, 5) is 0. The van der Waals surface area contributed by atoms with Crippen molar-refractivity contribution >= 4 is 14.5 Å². The molecule has 1 aromatic carbocycles. The summed E-state index contributed by atoms with van der Waals surface area (Å²) in [6, 6.07) is 10.6. The van der Waals surface area contributed by atoms with E-state index in [1.54, 1.807) is 0 Å². The van der Waals surface area contributed by atoms with Crippen LogP contribution in [0, 0.1) is 0 Å². The highest BCUT2D eigenvalue weighted by Gasteiger charge is 2.49. The van der Waals surface area contributed by atoms with Crippen molar-refractivity contribution in [3.05, 3.63) is 30.3 Å². The molecule has 1 aromatic rings. The summed E-state index contributed by atoms with van der Waals surface area (Å²) in [5, 5.41) is 3.83. The number of benzene rings is 1. The van der Waals surface area contributed by atoms with Crippen molar-refractivity contribution in [1.82, 2.24) is 0 Å². The van der Waals surface area contributed by atoms with Crippen molar-refractivity contribution in [3.63, 3.8) is 0 Å². The van der Waals surface area contributed by atoms with Crippen LogP contribution in [0.5, 0.6) is 0 Å². The van der Waals surface area contributed by atoms with Crippen molar-refractivity contribution in [2.75, 3.05) is 25.1 Å². The maximum absolute atomic E-state index is 6.94. The Balaban J connectivity index is 2.73. The summed E-state index contributed by atoms with van der Waals surface area (Å²) in [5.74, 6) is 0. The Hall–Kier alpha value is -0.883. The van der Waals surface area contributed by atoms with Gasteiger partial charge in [0, 0.05) is 25.5 Å². The zero-order valence-electron chi connectivity index (χ0n) is 34.2. The van der Waals surface area contributed by atoms with Crippen LogP contribution >= 0.6 is 0 Å². The molecule has 0 heterocycles. The summed E-state index contributed by atoms with van der Waals surface area (Å²) in [7, 11) is -3.00. The molecular weight excluding hydrogens is 631 g/mol. The van der Waals surface area contributed by atoms with E-state index in [4.69, 9.17) is 13.3 Å². The van der Waals surface area contributed by atoms with Gasteiger partial charge in [-0.2, -0.15) is 0 Å². The zero-order valence-corrected chi connectivity index (χ0v) is 35.2. The molecule has 4 nitrogen and oxygen atoms in total. The Morgan fingerprint density at radius 1 is 0.400 bits per heavy atom. The Labute approximate surface area is 314 Å². The fraction of sp³-hybridized carbons (Fsp3) is 0.867. The van der Waals surface area contributed by atoms with Crippen LogP contribution in [-0.2, 0) is 13.3 Å². The maximum Gasteiger partial charge on any atom is 0.524 e. The topological polar surface area (TPSA) is 39.7 Å². The van der Waals surface area contributed by atoms with E-state index < -0.39 is 8.80 Å². The molecule has 0 bridgehead atoms. The van der Waals surface area contributed by atoms with Crippen LogP contribution in [0.25, 0.3) is 0 Å². The van der Waals surface area contributed by atoms with E-state index in [0.717, 1.165) is 51.2 Å². The summed E-state index contributed by atoms with van der Waals surface area (Å²) in [6.45, 7) is 11.4. The first-order valence-electron chi connectivity index (χ1n) is 22.5. The smallest absolute Gasteiger partial charge is 0.378 e. The molecule has 0 amide bonds. The quantitative estimate of drug-likeness (QED) is 0.0542. The molecule has 0 saturated carbocycles. The van der Waals surface area contributed by atoms with Gasteiger partial charge in [-0.25, -0.2) is 0 Å². The van der Waals surface area contributed by atoms with Crippen LogP contribution in [-0.4, -0.2) is 34.3 Å². The third-order valence-corrected chi connectivity index (χ3v) is 13.6. The molecule has 5 heteroatoms. The Morgan fingerprint density at radius 2 is 0.680 bits per heavy atom. The van der Waals surface area contributed by atoms with Crippen molar-refractivity contribution in [2.24, 2.45) is 0 Å². The molecule has 1 rings (SSSR count). The van der Waals surface area contributed by atoms with Gasteiger partial charge in [-0.15, -0.1) is 0 Å². The van der Waals surface area contributed by atoms with Gasteiger partial charge in [-0.3, -0.25) is 0 Å². The van der Waals surface area contributed by atoms with Crippen molar-refractivity contribution in [2.45, 2.75) is 232 Å². The van der Waals surface area contributed by atoms with Gasteiger partial charge in [0.15, 0.2) is 0 Å². The van der Waals surface area contributed by atoms with Gasteiger partial charge in [-0.05, 0) is 37.8 Å². The van der Waals surface area contributed by atoms with Gasteiger partial charge in [0.2, 0.25) is 0 Å². The van der Waals surface area contributed by atoms with E-state index in [1.165, 1.54) is 173 Å². The van der Waals surface area contributed by atoms with Crippen LogP contribution in [0.15, 0.2) is 30.3 Å². The second-order valence-electron chi connectivity index (χ2n) is 15.2. The second-order valence-corrected chi connectivity index (χ2v) is 17.9. The van der Waals surface area contributed by atoms with E-state index in [1.807, 2.05) is 0 Å². The Bertz CT molecular complexity index is 729. The number of hydrogen-bond acceptors (Lipinski definition) is 4. The largest absolute Gasteiger partial charge is 0.524 e. The SMILES string of the molecule is CCCCCCCCCCCCO[Si](OCCCCCCCCCCCC)(OCCCCCCCCCCCC)C(CC)Nc1ccccc1. The van der Waals surface area contributed by atoms with Gasteiger partial charge >= 0.3 is 8.80 Å². The predicted octanol–water partition coefficient (Wildman–Crippen LogP) is 15.2. The number of rotatable bonds is 40. The second kappa shape index (κ2) is 36.5. The van der Waals surface area contributed by atoms with Crippen LogP contribution in [0.1, 0.15) is 227 Å². The minimum atomic E-state index is -3.00. The molecule has 0 radical (unpaired) electrons. The van der Waals surface area contributed by atoms with Crippen LogP contribution in [0.3, 0.4) is 0 Å². The number of para-hydroxylation sites is 1. The lowest BCUT2D eigenvalue weighted by molar-refractivity contribution is 0.0483. The Kier molecular flexibility index (Phi) is 34.4. The summed E-state index contributed by atoms with van der Waals surface area (Å²) >= 11 is 0. The molecule has 0 aliphatic rings. The van der Waals surface area contributed by atoms with Crippen molar-refractivity contribution in [3.8, 4) is 0 Å². The molecule has 0 saturated heterocycles. The zero-order chi connectivity index (χ0) is 36.1. The molecule has 1 unspecified atom stereocenters. The maximum atomic E-state index is 6.94. The van der Waals surface area contributed by atoms with Gasteiger partial charge in [0.1, 0.15) is 0 Å². The van der Waals surface area contributed by atoms with Crippen LogP contribution in [0.4, 0.5) is 5.69 Å². The number of unbranched alkanes of at least 4 members (excludes halogenated alkanes) is 27. The monoisotopic (exact) mass is 718 g/mol. The van der Waals surface area contributed by atoms with E-state index in [2.05, 4.69) is 63.3 Å². The van der Waals surface area contributed by atoms with Gasteiger partial charge in [0.25, 0.3) is 0 Å². The lowest BCUT2D eigenvalue weighted by atomic mass is 10.1. The third-order valence-electron chi connectivity index (χ3n) is 10.4. The molecule has 1 N–H and O–H groups in total. The highest BCUT2D eigenvalue weighted by atomic mass is 28.4. The molecule has 0 spiro atoms. The fourth-order valence-corrected chi connectivity index (χ4v) is 10.00. The summed E-state index contributed by atoms with van der Waals surface area (Å²) < 4.78 is 20.8. The molecule has 0 aliphatic heterocycles. The third kappa shape index (κ3) is 26.8. The minimum absolute atomic E-state index is 0.0549. The molecule has 0 aliphatic carbocycles. The fourth-order valence-electron chi connectivity index (χ4n) is 7.01. The molecule has 0 aromatic heterocycles. The summed E-state index contributed by atoms with van der Waals surface area (Å²) in [5.41, 5.74) is 1.18. The minimum Gasteiger partial charge on any atom is -0.378 e. The number of hydrogen-bond donors (Lipinski definition) is 1. The first-order chi connectivity index (χ1) is 24.7. The standard InChI is InChI=1S/C45H87NO3Si/c1-5-9-12-15-18-21-24-27-30-36-41-47-50(45(8-4)46-44-39-34-33-35-40-44,48-42-37-31-28-25-22-19-16-13-10-6-2)49-43-38-32-29-26-23-20-17-14-11-7-3/h33-35,39-40,45-46H,5-32,36-38,41-43H2,1-4H3. The van der Waals surface area contributed by atoms with Crippen molar-refractivity contribution < 1.29 is 13.3 Å². The number of anilines is 1. The van der Waals surface area contributed by atoms with Gasteiger partial charge < -0.3 is 18.6 Å². The van der Waals surface area contributed by atoms with Crippen LogP contribution < -0.4 is 5.32 Å². The average molecular weight is 718 g/mol. The first kappa shape index (κ1) is 47.1. The lowest BCUT2D eigenvalue weighted by Crippen LogP contribution is -2.59.